The molecule has 21 heavy (non-hydrogen) atoms. The van der Waals surface area contributed by atoms with Crippen LogP contribution in [0.4, 0.5) is 5.69 Å². The lowest BCUT2D eigenvalue weighted by Crippen LogP contribution is -2.11. The molecule has 6 nitrogen and oxygen atoms in total. The quantitative estimate of drug-likeness (QED) is 0.437. The van der Waals surface area contributed by atoms with E-state index in [-0.39, 0.29) is 33.4 Å². The average Bonchev–Trinajstić information content (AvgIpc) is 2.40. The van der Waals surface area contributed by atoms with E-state index in [0.717, 1.165) is 6.07 Å². The van der Waals surface area contributed by atoms with Gasteiger partial charge in [-0.2, -0.15) is 0 Å². The van der Waals surface area contributed by atoms with Gasteiger partial charge in [-0.05, 0) is 30.3 Å². The average molecular weight is 305 g/mol. The fourth-order valence-corrected chi connectivity index (χ4v) is 1.99. The number of phenols is 3. The summed E-state index contributed by atoms with van der Waals surface area (Å²) in [6, 6.07) is 7.84. The number of aromatic carboxylic acids is 1. The second-order valence-electron chi connectivity index (χ2n) is 4.19. The summed E-state index contributed by atoms with van der Waals surface area (Å²) in [7, 11) is 0. The van der Waals surface area contributed by atoms with Crippen molar-refractivity contribution in [2.45, 2.75) is 0 Å². The molecule has 0 aliphatic rings. The normalized spacial score (nSPS) is 10.1. The van der Waals surface area contributed by atoms with E-state index in [4.69, 9.17) is 17.3 Å². The first kappa shape index (κ1) is 14.6. The van der Waals surface area contributed by atoms with Crippen LogP contribution >= 0.6 is 12.2 Å². The number of carboxylic acids is 1. The summed E-state index contributed by atoms with van der Waals surface area (Å²) in [5, 5.41) is 40.0. The molecule has 2 aromatic rings. The highest BCUT2D eigenvalue weighted by molar-refractivity contribution is 7.81. The van der Waals surface area contributed by atoms with E-state index >= 15 is 0 Å². The molecular formula is C14H11NO5S. The number of carboxylic acid groups (broad SMARTS) is 1. The number of anilines is 1. The van der Waals surface area contributed by atoms with Gasteiger partial charge in [-0.15, -0.1) is 0 Å². The minimum atomic E-state index is -1.27. The van der Waals surface area contributed by atoms with E-state index in [9.17, 15) is 20.1 Å². The Labute approximate surface area is 124 Å². The zero-order valence-electron chi connectivity index (χ0n) is 10.6. The first-order chi connectivity index (χ1) is 9.88. The number of hydrogen-bond donors (Lipinski definition) is 5. The molecular weight excluding hydrogens is 294 g/mol. The van der Waals surface area contributed by atoms with Gasteiger partial charge in [0.25, 0.3) is 0 Å². The van der Waals surface area contributed by atoms with Gasteiger partial charge in [-0.25, -0.2) is 4.79 Å². The van der Waals surface area contributed by atoms with Crippen LogP contribution in [0.15, 0.2) is 36.4 Å². The molecule has 0 aliphatic carbocycles. The van der Waals surface area contributed by atoms with Crippen molar-refractivity contribution < 1.29 is 25.2 Å². The number of nitrogens with one attached hydrogen (secondary N) is 1. The van der Waals surface area contributed by atoms with Gasteiger partial charge in [-0.3, -0.25) is 0 Å². The Kier molecular flexibility index (Phi) is 3.95. The summed E-state index contributed by atoms with van der Waals surface area (Å²) in [6.07, 6.45) is 0. The van der Waals surface area contributed by atoms with Gasteiger partial charge in [0.2, 0.25) is 0 Å². The fraction of sp³-hybridized carbons (Fsp3) is 0. The van der Waals surface area contributed by atoms with E-state index in [1.54, 1.807) is 0 Å². The number of benzene rings is 2. The Hall–Kier alpha value is -2.80. The first-order valence-corrected chi connectivity index (χ1v) is 6.19. The molecule has 108 valence electrons. The highest BCUT2D eigenvalue weighted by atomic mass is 32.1. The van der Waals surface area contributed by atoms with Gasteiger partial charge < -0.3 is 25.7 Å². The third-order valence-corrected chi connectivity index (χ3v) is 3.03. The molecule has 0 saturated heterocycles. The van der Waals surface area contributed by atoms with Crippen molar-refractivity contribution >= 4 is 28.9 Å². The van der Waals surface area contributed by atoms with Crippen molar-refractivity contribution in [2.24, 2.45) is 0 Å². The van der Waals surface area contributed by atoms with E-state index < -0.39 is 5.97 Å². The largest absolute Gasteiger partial charge is 0.508 e. The number of rotatable bonds is 3. The lowest BCUT2D eigenvalue weighted by atomic mass is 10.1. The molecule has 0 amide bonds. The number of thiocarbonyl (C=S) groups is 1. The molecule has 2 aromatic carbocycles. The molecule has 0 aromatic heterocycles. The second kappa shape index (κ2) is 5.68. The monoisotopic (exact) mass is 305 g/mol. The summed E-state index contributed by atoms with van der Waals surface area (Å²) in [5.74, 6) is -1.93. The summed E-state index contributed by atoms with van der Waals surface area (Å²) in [5.41, 5.74) is 0.369. The van der Waals surface area contributed by atoms with Crippen LogP contribution in [0.2, 0.25) is 0 Å². The van der Waals surface area contributed by atoms with Crippen LogP contribution in [0.1, 0.15) is 15.9 Å². The Morgan fingerprint density at radius 3 is 2.29 bits per heavy atom. The Morgan fingerprint density at radius 2 is 1.67 bits per heavy atom. The number of phenolic OH excluding ortho intramolecular Hbond substituents is 2. The molecule has 0 atom stereocenters. The molecule has 0 aliphatic heterocycles. The summed E-state index contributed by atoms with van der Waals surface area (Å²) in [4.78, 5) is 11.1. The molecule has 0 saturated carbocycles. The fourth-order valence-electron chi connectivity index (χ4n) is 1.70. The molecule has 0 unspecified atom stereocenters. The summed E-state index contributed by atoms with van der Waals surface area (Å²) >= 11 is 5.11. The third kappa shape index (κ3) is 3.21. The number of carbonyl (C=O) groups is 1. The maximum absolute atomic E-state index is 10.9. The van der Waals surface area contributed by atoms with Crippen molar-refractivity contribution in [3.8, 4) is 17.2 Å². The maximum Gasteiger partial charge on any atom is 0.339 e. The zero-order valence-corrected chi connectivity index (χ0v) is 11.4. The van der Waals surface area contributed by atoms with Crippen LogP contribution < -0.4 is 5.32 Å². The van der Waals surface area contributed by atoms with Crippen molar-refractivity contribution in [3.63, 3.8) is 0 Å². The highest BCUT2D eigenvalue weighted by Gasteiger charge is 2.12. The van der Waals surface area contributed by atoms with Crippen molar-refractivity contribution in [1.29, 1.82) is 0 Å². The van der Waals surface area contributed by atoms with E-state index in [1.807, 2.05) is 0 Å². The maximum atomic E-state index is 10.9. The van der Waals surface area contributed by atoms with Gasteiger partial charge in [0.05, 0.1) is 5.56 Å². The smallest absolute Gasteiger partial charge is 0.339 e. The highest BCUT2D eigenvalue weighted by Crippen LogP contribution is 2.26. The number of hydrogen-bond acceptors (Lipinski definition) is 5. The molecule has 0 heterocycles. The van der Waals surface area contributed by atoms with Gasteiger partial charge >= 0.3 is 5.97 Å². The standard InChI is InChI=1S/C14H11NO5S/c16-8-2-3-9(12(18)6-8)13(21)15-7-1-4-11(17)10(5-7)14(19)20/h1-6,16-18H,(H,15,21)(H,19,20). The minimum Gasteiger partial charge on any atom is -0.508 e. The predicted octanol–water partition coefficient (Wildman–Crippen LogP) is 2.29. The molecule has 0 radical (unpaired) electrons. The first-order valence-electron chi connectivity index (χ1n) is 5.78. The lowest BCUT2D eigenvalue weighted by Gasteiger charge is -2.11. The van der Waals surface area contributed by atoms with Crippen LogP contribution in [0, 0.1) is 0 Å². The minimum absolute atomic E-state index is 0.100. The van der Waals surface area contributed by atoms with Gasteiger partial charge in [-0.1, -0.05) is 12.2 Å². The lowest BCUT2D eigenvalue weighted by molar-refractivity contribution is 0.0694. The van der Waals surface area contributed by atoms with Gasteiger partial charge in [0, 0.05) is 11.8 Å². The van der Waals surface area contributed by atoms with Crippen molar-refractivity contribution in [3.05, 3.63) is 47.5 Å². The van der Waals surface area contributed by atoms with Crippen LogP contribution in [-0.4, -0.2) is 31.4 Å². The van der Waals surface area contributed by atoms with Gasteiger partial charge in [0.15, 0.2) is 0 Å². The van der Waals surface area contributed by atoms with Crippen molar-refractivity contribution in [2.75, 3.05) is 5.32 Å². The zero-order chi connectivity index (χ0) is 15.6. The Bertz CT molecular complexity index is 729. The Morgan fingerprint density at radius 1 is 0.952 bits per heavy atom. The number of aromatic hydroxyl groups is 3. The van der Waals surface area contributed by atoms with E-state index in [1.165, 1.54) is 30.3 Å². The molecule has 7 heteroatoms. The second-order valence-corrected chi connectivity index (χ2v) is 4.60. The van der Waals surface area contributed by atoms with E-state index in [2.05, 4.69) is 5.32 Å². The van der Waals surface area contributed by atoms with Crippen LogP contribution in [0.25, 0.3) is 0 Å². The van der Waals surface area contributed by atoms with Gasteiger partial charge in [0.1, 0.15) is 27.8 Å². The predicted molar refractivity (Wildman–Crippen MR) is 80.2 cm³/mol. The SMILES string of the molecule is O=C(O)c1cc(NC(=S)c2ccc(O)cc2O)ccc1O. The van der Waals surface area contributed by atoms with Crippen LogP contribution in [0.5, 0.6) is 17.2 Å². The molecule has 2 rings (SSSR count). The summed E-state index contributed by atoms with van der Waals surface area (Å²) < 4.78 is 0. The van der Waals surface area contributed by atoms with E-state index in [0.29, 0.717) is 5.69 Å². The topological polar surface area (TPSA) is 110 Å². The van der Waals surface area contributed by atoms with Crippen LogP contribution in [-0.2, 0) is 0 Å². The Balaban J connectivity index is 2.27. The summed E-state index contributed by atoms with van der Waals surface area (Å²) in [6.45, 7) is 0. The third-order valence-electron chi connectivity index (χ3n) is 2.71. The molecule has 0 spiro atoms. The molecule has 5 N–H and O–H groups in total. The van der Waals surface area contributed by atoms with Crippen LogP contribution in [0.3, 0.4) is 0 Å². The molecule has 0 fully saturated rings. The van der Waals surface area contributed by atoms with Crippen molar-refractivity contribution in [1.82, 2.24) is 0 Å². The molecule has 0 bridgehead atoms.